The van der Waals surface area contributed by atoms with E-state index in [1.54, 1.807) is 0 Å². The molecule has 0 radical (unpaired) electrons. The molecule has 1 aromatic carbocycles. The molecule has 1 heterocycles. The second-order valence-electron chi connectivity index (χ2n) is 5.38. The molecule has 2 rings (SSSR count). The quantitative estimate of drug-likeness (QED) is 0.849. The van der Waals surface area contributed by atoms with Gasteiger partial charge in [0.2, 0.25) is 0 Å². The minimum Gasteiger partial charge on any atom is -0.486 e. The number of aromatic nitrogens is 3. The molecule has 0 aliphatic heterocycles. The van der Waals surface area contributed by atoms with Crippen molar-refractivity contribution in [3.8, 4) is 5.75 Å². The normalized spacial score (nSPS) is 12.4. The first-order valence-corrected chi connectivity index (χ1v) is 7.34. The molecule has 114 valence electrons. The summed E-state index contributed by atoms with van der Waals surface area (Å²) in [6.45, 7) is 4.56. The molecular weight excluding hydrogens is 264 g/mol. The average Bonchev–Trinajstić information content (AvgIpc) is 2.83. The first kappa shape index (κ1) is 15.5. The van der Waals surface area contributed by atoms with E-state index in [2.05, 4.69) is 34.6 Å². The Bertz CT molecular complexity index is 562. The molecule has 5 nitrogen and oxygen atoms in total. The second kappa shape index (κ2) is 7.22. The molecule has 5 heteroatoms. The Kier molecular flexibility index (Phi) is 5.33. The number of ether oxygens (including phenoxy) is 1. The van der Waals surface area contributed by atoms with Gasteiger partial charge < -0.3 is 14.6 Å². The van der Waals surface area contributed by atoms with E-state index in [1.165, 1.54) is 5.56 Å². The van der Waals surface area contributed by atoms with Gasteiger partial charge in [-0.2, -0.15) is 0 Å². The molecule has 0 bridgehead atoms. The monoisotopic (exact) mass is 288 g/mol. The van der Waals surface area contributed by atoms with Crippen LogP contribution in [0.5, 0.6) is 5.75 Å². The summed E-state index contributed by atoms with van der Waals surface area (Å²) in [4.78, 5) is 0. The van der Waals surface area contributed by atoms with Crippen LogP contribution in [0.1, 0.15) is 30.6 Å². The molecule has 0 saturated carbocycles. The standard InChI is InChI=1S/C16H24N4O/c1-12(17-3)5-6-14-7-9-15(10-8-14)21-11-16-19-18-13(2)20(16)4/h7-10,12,17H,5-6,11H2,1-4H3. The number of nitrogens with zero attached hydrogens (tertiary/aromatic N) is 3. The zero-order chi connectivity index (χ0) is 15.2. The van der Waals surface area contributed by atoms with Crippen molar-refractivity contribution in [3.63, 3.8) is 0 Å². The summed E-state index contributed by atoms with van der Waals surface area (Å²) in [6, 6.07) is 8.82. The summed E-state index contributed by atoms with van der Waals surface area (Å²) in [7, 11) is 3.94. The lowest BCUT2D eigenvalue weighted by Gasteiger charge is -2.10. The summed E-state index contributed by atoms with van der Waals surface area (Å²) in [6.07, 6.45) is 2.21. The van der Waals surface area contributed by atoms with E-state index >= 15 is 0 Å². The van der Waals surface area contributed by atoms with Gasteiger partial charge >= 0.3 is 0 Å². The molecule has 2 aromatic rings. The summed E-state index contributed by atoms with van der Waals surface area (Å²) >= 11 is 0. The molecule has 21 heavy (non-hydrogen) atoms. The van der Waals surface area contributed by atoms with Gasteiger partial charge in [0.15, 0.2) is 5.82 Å². The van der Waals surface area contributed by atoms with Crippen LogP contribution in [0.2, 0.25) is 0 Å². The first-order valence-electron chi connectivity index (χ1n) is 7.34. The van der Waals surface area contributed by atoms with Gasteiger partial charge in [-0.15, -0.1) is 10.2 Å². The van der Waals surface area contributed by atoms with Crippen LogP contribution in [0.25, 0.3) is 0 Å². The number of benzene rings is 1. The topological polar surface area (TPSA) is 52.0 Å². The Balaban J connectivity index is 1.86. The fourth-order valence-electron chi connectivity index (χ4n) is 2.00. The molecule has 1 atom stereocenters. The summed E-state index contributed by atoms with van der Waals surface area (Å²) < 4.78 is 7.69. The van der Waals surface area contributed by atoms with E-state index in [0.29, 0.717) is 12.6 Å². The maximum atomic E-state index is 5.75. The van der Waals surface area contributed by atoms with Crippen molar-refractivity contribution in [1.82, 2.24) is 20.1 Å². The lowest BCUT2D eigenvalue weighted by atomic mass is 10.1. The molecule has 0 spiro atoms. The smallest absolute Gasteiger partial charge is 0.170 e. The van der Waals surface area contributed by atoms with Gasteiger partial charge in [0.25, 0.3) is 0 Å². The highest BCUT2D eigenvalue weighted by molar-refractivity contribution is 5.27. The summed E-state index contributed by atoms with van der Waals surface area (Å²) in [5, 5.41) is 11.4. The van der Waals surface area contributed by atoms with Gasteiger partial charge in [-0.25, -0.2) is 0 Å². The number of rotatable bonds is 7. The molecule has 0 saturated heterocycles. The highest BCUT2D eigenvalue weighted by Crippen LogP contribution is 2.15. The number of aryl methyl sites for hydroxylation is 2. The van der Waals surface area contributed by atoms with Crippen LogP contribution in [0.4, 0.5) is 0 Å². The molecule has 0 fully saturated rings. The van der Waals surface area contributed by atoms with Crippen LogP contribution in [-0.2, 0) is 20.1 Å². The number of hydrogen-bond acceptors (Lipinski definition) is 4. The van der Waals surface area contributed by atoms with Crippen molar-refractivity contribution >= 4 is 0 Å². The van der Waals surface area contributed by atoms with Crippen molar-refractivity contribution in [2.75, 3.05) is 7.05 Å². The van der Waals surface area contributed by atoms with Gasteiger partial charge in [0, 0.05) is 13.1 Å². The van der Waals surface area contributed by atoms with E-state index in [9.17, 15) is 0 Å². The van der Waals surface area contributed by atoms with Crippen molar-refractivity contribution < 1.29 is 4.74 Å². The number of nitrogens with one attached hydrogen (secondary N) is 1. The van der Waals surface area contributed by atoms with Gasteiger partial charge in [0.05, 0.1) is 0 Å². The largest absolute Gasteiger partial charge is 0.486 e. The third kappa shape index (κ3) is 4.29. The van der Waals surface area contributed by atoms with E-state index in [1.807, 2.05) is 37.7 Å². The van der Waals surface area contributed by atoms with Crippen LogP contribution in [-0.4, -0.2) is 27.9 Å². The lowest BCUT2D eigenvalue weighted by molar-refractivity contribution is 0.291. The van der Waals surface area contributed by atoms with Crippen LogP contribution in [0.3, 0.4) is 0 Å². The Hall–Kier alpha value is -1.88. The molecule has 0 aliphatic rings. The number of hydrogen-bond donors (Lipinski definition) is 1. The van der Waals surface area contributed by atoms with Gasteiger partial charge in [-0.3, -0.25) is 0 Å². The van der Waals surface area contributed by atoms with Crippen molar-refractivity contribution in [2.45, 2.75) is 39.3 Å². The lowest BCUT2D eigenvalue weighted by Crippen LogP contribution is -2.21. The summed E-state index contributed by atoms with van der Waals surface area (Å²) in [5.74, 6) is 2.59. The highest BCUT2D eigenvalue weighted by Gasteiger charge is 2.05. The Morgan fingerprint density at radius 3 is 2.52 bits per heavy atom. The van der Waals surface area contributed by atoms with Gasteiger partial charge in [-0.05, 0) is 51.4 Å². The Morgan fingerprint density at radius 1 is 1.24 bits per heavy atom. The summed E-state index contributed by atoms with van der Waals surface area (Å²) in [5.41, 5.74) is 1.33. The van der Waals surface area contributed by atoms with Gasteiger partial charge in [0.1, 0.15) is 18.2 Å². The Morgan fingerprint density at radius 2 is 1.95 bits per heavy atom. The van der Waals surface area contributed by atoms with E-state index < -0.39 is 0 Å². The third-order valence-electron chi connectivity index (χ3n) is 3.83. The van der Waals surface area contributed by atoms with Crippen LogP contribution in [0, 0.1) is 6.92 Å². The highest BCUT2D eigenvalue weighted by atomic mass is 16.5. The van der Waals surface area contributed by atoms with E-state index in [0.717, 1.165) is 30.2 Å². The minimum atomic E-state index is 0.438. The zero-order valence-electron chi connectivity index (χ0n) is 13.3. The average molecular weight is 288 g/mol. The molecule has 0 amide bonds. The van der Waals surface area contributed by atoms with E-state index in [4.69, 9.17) is 4.74 Å². The van der Waals surface area contributed by atoms with Crippen LogP contribution < -0.4 is 10.1 Å². The molecule has 1 aromatic heterocycles. The Labute approximate surface area is 126 Å². The van der Waals surface area contributed by atoms with Crippen molar-refractivity contribution in [1.29, 1.82) is 0 Å². The second-order valence-corrected chi connectivity index (χ2v) is 5.38. The molecule has 1 unspecified atom stereocenters. The third-order valence-corrected chi connectivity index (χ3v) is 3.83. The first-order chi connectivity index (χ1) is 10.1. The SMILES string of the molecule is CNC(C)CCc1ccc(OCc2nnc(C)n2C)cc1. The predicted octanol–water partition coefficient (Wildman–Crippen LogP) is 2.24. The maximum Gasteiger partial charge on any atom is 0.170 e. The molecule has 0 aliphatic carbocycles. The van der Waals surface area contributed by atoms with E-state index in [-0.39, 0.29) is 0 Å². The minimum absolute atomic E-state index is 0.438. The molecular formula is C16H24N4O. The predicted molar refractivity (Wildman–Crippen MR) is 83.4 cm³/mol. The molecule has 1 N–H and O–H groups in total. The van der Waals surface area contributed by atoms with Crippen LogP contribution >= 0.6 is 0 Å². The van der Waals surface area contributed by atoms with Crippen molar-refractivity contribution in [2.24, 2.45) is 7.05 Å². The fourth-order valence-corrected chi connectivity index (χ4v) is 2.00. The fraction of sp³-hybridized carbons (Fsp3) is 0.500. The van der Waals surface area contributed by atoms with Gasteiger partial charge in [-0.1, -0.05) is 12.1 Å². The van der Waals surface area contributed by atoms with Crippen LogP contribution in [0.15, 0.2) is 24.3 Å². The maximum absolute atomic E-state index is 5.75. The van der Waals surface area contributed by atoms with Crippen molar-refractivity contribution in [3.05, 3.63) is 41.5 Å². The zero-order valence-corrected chi connectivity index (χ0v) is 13.3.